The number of nitro benzene ring substituents is 1. The highest BCUT2D eigenvalue weighted by Crippen LogP contribution is 2.36. The third-order valence-electron chi connectivity index (χ3n) is 4.45. The van der Waals surface area contributed by atoms with E-state index in [4.69, 9.17) is 16.3 Å². The molecule has 0 unspecified atom stereocenters. The fourth-order valence-corrected chi connectivity index (χ4v) is 3.20. The van der Waals surface area contributed by atoms with Gasteiger partial charge in [-0.2, -0.15) is 13.2 Å². The molecule has 166 valence electrons. The number of carbonyl (C=O) groups excluding carboxylic acids is 1. The van der Waals surface area contributed by atoms with E-state index < -0.39 is 28.3 Å². The Labute approximate surface area is 185 Å². The van der Waals surface area contributed by atoms with Crippen molar-refractivity contribution in [3.8, 4) is 11.1 Å². The maximum absolute atomic E-state index is 12.9. The topological polar surface area (TPSA) is 95.2 Å². The first-order valence-corrected chi connectivity index (χ1v) is 9.62. The molecule has 0 fully saturated rings. The second-order valence-corrected chi connectivity index (χ2v) is 7.02. The van der Waals surface area contributed by atoms with Crippen LogP contribution in [0.15, 0.2) is 55.0 Å². The quantitative estimate of drug-likeness (QED) is 0.197. The highest BCUT2D eigenvalue weighted by atomic mass is 35.5. The number of benzene rings is 2. The van der Waals surface area contributed by atoms with Crippen LogP contribution < -0.4 is 0 Å². The number of rotatable bonds is 7. The van der Waals surface area contributed by atoms with Crippen LogP contribution in [0.5, 0.6) is 0 Å². The van der Waals surface area contributed by atoms with Gasteiger partial charge in [-0.3, -0.25) is 20.1 Å². The van der Waals surface area contributed by atoms with Crippen molar-refractivity contribution in [2.45, 2.75) is 19.0 Å². The maximum Gasteiger partial charge on any atom is 0.416 e. The Morgan fingerprint density at radius 1 is 1.16 bits per heavy atom. The zero-order valence-corrected chi connectivity index (χ0v) is 17.1. The van der Waals surface area contributed by atoms with Gasteiger partial charge in [0.15, 0.2) is 0 Å². The summed E-state index contributed by atoms with van der Waals surface area (Å²) in [7, 11) is 0. The number of aromatic nitrogens is 2. The first-order chi connectivity index (χ1) is 15.2. The number of ether oxygens (including phenoxy) is 1. The Kier molecular flexibility index (Phi) is 7.04. The number of nitrogens with zero attached hydrogens (tertiary/aromatic N) is 3. The van der Waals surface area contributed by atoms with Gasteiger partial charge < -0.3 is 4.74 Å². The van der Waals surface area contributed by atoms with E-state index in [9.17, 15) is 28.1 Å². The number of nitro groups is 1. The molecule has 3 aromatic rings. The molecule has 0 saturated heterocycles. The first-order valence-electron chi connectivity index (χ1n) is 9.24. The van der Waals surface area contributed by atoms with Crippen LogP contribution in [0.2, 0.25) is 5.02 Å². The van der Waals surface area contributed by atoms with Crippen LogP contribution in [0, 0.1) is 10.1 Å². The van der Waals surface area contributed by atoms with E-state index in [1.807, 2.05) is 0 Å². The summed E-state index contributed by atoms with van der Waals surface area (Å²) in [6.07, 6.45) is 0.968. The third-order valence-corrected chi connectivity index (χ3v) is 4.76. The maximum atomic E-state index is 12.9. The zero-order chi connectivity index (χ0) is 23.3. The molecule has 3 rings (SSSR count). The number of hydrogen-bond donors (Lipinski definition) is 0. The Morgan fingerprint density at radius 2 is 1.94 bits per heavy atom. The van der Waals surface area contributed by atoms with Gasteiger partial charge in [-0.15, -0.1) is 0 Å². The summed E-state index contributed by atoms with van der Waals surface area (Å²) in [5, 5.41) is 11.1. The minimum atomic E-state index is -4.57. The summed E-state index contributed by atoms with van der Waals surface area (Å²) >= 11 is 6.00. The fraction of sp³-hybridized carbons (Fsp3) is 0.190. The summed E-state index contributed by atoms with van der Waals surface area (Å²) in [5.74, 6) is -0.930. The van der Waals surface area contributed by atoms with Crippen molar-refractivity contribution in [2.24, 2.45) is 0 Å². The largest absolute Gasteiger partial charge is 0.462 e. The van der Waals surface area contributed by atoms with Crippen LogP contribution in [0.25, 0.3) is 11.1 Å². The van der Waals surface area contributed by atoms with Gasteiger partial charge in [0.05, 0.1) is 22.8 Å². The normalized spacial score (nSPS) is 11.2. The molecule has 0 aliphatic heterocycles. The van der Waals surface area contributed by atoms with E-state index in [2.05, 4.69) is 9.97 Å². The standard InChI is InChI=1S/C21H15ClF3N3O4/c22-18-11-14(21(23,24)25)4-5-16(18)13-3-6-19(28(30)31)17(10-13)20(29)32-9-1-2-15-12-26-7-8-27-15/h3-8,10-12H,1-2,9H2. The Balaban J connectivity index is 1.80. The first kappa shape index (κ1) is 23.1. The van der Waals surface area contributed by atoms with Crippen molar-refractivity contribution in [3.63, 3.8) is 0 Å². The van der Waals surface area contributed by atoms with Crippen molar-refractivity contribution in [1.82, 2.24) is 9.97 Å². The molecule has 0 radical (unpaired) electrons. The van der Waals surface area contributed by atoms with Gasteiger partial charge in [0.1, 0.15) is 5.56 Å². The van der Waals surface area contributed by atoms with E-state index >= 15 is 0 Å². The Hall–Kier alpha value is -3.53. The lowest BCUT2D eigenvalue weighted by Gasteiger charge is -2.11. The average Bonchev–Trinajstić information content (AvgIpc) is 2.76. The van der Waals surface area contributed by atoms with Crippen LogP contribution in [-0.2, 0) is 17.3 Å². The molecule has 0 amide bonds. The van der Waals surface area contributed by atoms with Crippen LogP contribution >= 0.6 is 11.6 Å². The van der Waals surface area contributed by atoms with Crippen molar-refractivity contribution in [1.29, 1.82) is 0 Å². The number of aryl methyl sites for hydroxylation is 1. The van der Waals surface area contributed by atoms with E-state index in [1.54, 1.807) is 6.20 Å². The van der Waals surface area contributed by atoms with Gasteiger partial charge in [0.25, 0.3) is 5.69 Å². The summed E-state index contributed by atoms with van der Waals surface area (Å²) in [4.78, 5) is 31.1. The van der Waals surface area contributed by atoms with Gasteiger partial charge in [-0.05, 0) is 42.7 Å². The predicted molar refractivity (Wildman–Crippen MR) is 109 cm³/mol. The molecule has 0 saturated carbocycles. The summed E-state index contributed by atoms with van der Waals surface area (Å²) < 4.78 is 43.8. The lowest BCUT2D eigenvalue weighted by molar-refractivity contribution is -0.385. The summed E-state index contributed by atoms with van der Waals surface area (Å²) in [5.41, 5.74) is -0.629. The minimum Gasteiger partial charge on any atom is -0.462 e. The molecule has 32 heavy (non-hydrogen) atoms. The Morgan fingerprint density at radius 3 is 2.56 bits per heavy atom. The molecule has 0 bridgehead atoms. The highest BCUT2D eigenvalue weighted by molar-refractivity contribution is 6.33. The third kappa shape index (κ3) is 5.58. The van der Waals surface area contributed by atoms with E-state index in [0.29, 0.717) is 18.5 Å². The number of hydrogen-bond acceptors (Lipinski definition) is 6. The summed E-state index contributed by atoms with van der Waals surface area (Å²) in [6, 6.07) is 6.30. The molecule has 0 spiro atoms. The molecule has 0 aliphatic rings. The molecule has 11 heteroatoms. The lowest BCUT2D eigenvalue weighted by atomic mass is 10.0. The second kappa shape index (κ2) is 9.73. The molecule has 0 aliphatic carbocycles. The number of carbonyl (C=O) groups is 1. The minimum absolute atomic E-state index is 0.0160. The Bertz CT molecular complexity index is 1140. The highest BCUT2D eigenvalue weighted by Gasteiger charge is 2.31. The van der Waals surface area contributed by atoms with Gasteiger partial charge in [-0.1, -0.05) is 17.7 Å². The molecular weight excluding hydrogens is 451 g/mol. The predicted octanol–water partition coefficient (Wildman–Crippen LogP) is 5.51. The van der Waals surface area contributed by atoms with Crippen LogP contribution in [0.4, 0.5) is 18.9 Å². The molecule has 0 atom stereocenters. The van der Waals surface area contributed by atoms with Gasteiger partial charge in [-0.25, -0.2) is 4.79 Å². The van der Waals surface area contributed by atoms with Gasteiger partial charge >= 0.3 is 12.1 Å². The molecule has 1 heterocycles. The van der Waals surface area contributed by atoms with Crippen LogP contribution in [-0.4, -0.2) is 27.5 Å². The molecule has 2 aromatic carbocycles. The van der Waals surface area contributed by atoms with Crippen molar-refractivity contribution >= 4 is 23.3 Å². The van der Waals surface area contributed by atoms with Crippen molar-refractivity contribution in [2.75, 3.05) is 6.61 Å². The number of esters is 1. The smallest absolute Gasteiger partial charge is 0.416 e. The zero-order valence-electron chi connectivity index (χ0n) is 16.3. The fourth-order valence-electron chi connectivity index (χ4n) is 2.91. The molecule has 1 aromatic heterocycles. The van der Waals surface area contributed by atoms with Crippen LogP contribution in [0.1, 0.15) is 28.0 Å². The summed E-state index contributed by atoms with van der Waals surface area (Å²) in [6.45, 7) is -0.0160. The molecular formula is C21H15ClF3N3O4. The van der Waals surface area contributed by atoms with Crippen molar-refractivity contribution in [3.05, 3.63) is 86.9 Å². The van der Waals surface area contributed by atoms with Gasteiger partial charge in [0.2, 0.25) is 0 Å². The van der Waals surface area contributed by atoms with E-state index in [0.717, 1.165) is 24.3 Å². The van der Waals surface area contributed by atoms with E-state index in [-0.39, 0.29) is 28.3 Å². The average molecular weight is 466 g/mol. The number of alkyl halides is 3. The number of halogens is 4. The second-order valence-electron chi connectivity index (χ2n) is 6.62. The molecule has 0 N–H and O–H groups in total. The SMILES string of the molecule is O=C(OCCCc1cnccn1)c1cc(-c2ccc(C(F)(F)F)cc2Cl)ccc1[N+](=O)[O-]. The molecule has 7 nitrogen and oxygen atoms in total. The van der Waals surface area contributed by atoms with Crippen molar-refractivity contribution < 1.29 is 27.6 Å². The lowest BCUT2D eigenvalue weighted by Crippen LogP contribution is -2.10. The van der Waals surface area contributed by atoms with E-state index in [1.165, 1.54) is 24.5 Å². The van der Waals surface area contributed by atoms with Gasteiger partial charge in [0, 0.05) is 35.2 Å². The monoisotopic (exact) mass is 465 g/mol. The van der Waals surface area contributed by atoms with Crippen LogP contribution in [0.3, 0.4) is 0 Å².